The topological polar surface area (TPSA) is 38.3 Å². The second kappa shape index (κ2) is 4.13. The molecule has 1 saturated heterocycles. The van der Waals surface area contributed by atoms with Gasteiger partial charge in [0.2, 0.25) is 5.91 Å². The Morgan fingerprint density at radius 1 is 1.82 bits per heavy atom. The Kier molecular flexibility index (Phi) is 3.11. The van der Waals surface area contributed by atoms with Crippen LogP contribution in [0.4, 0.5) is 0 Å². The van der Waals surface area contributed by atoms with Crippen LogP contribution in [0.2, 0.25) is 0 Å². The molecule has 1 amide bonds. The molecule has 1 heterocycles. The van der Waals surface area contributed by atoms with E-state index in [4.69, 9.17) is 4.74 Å². The second-order valence-corrected chi connectivity index (χ2v) is 2.54. The average molecular weight is 155 g/mol. The van der Waals surface area contributed by atoms with Crippen molar-refractivity contribution in [2.24, 2.45) is 0 Å². The van der Waals surface area contributed by atoms with Gasteiger partial charge in [0.15, 0.2) is 0 Å². The first-order chi connectivity index (χ1) is 5.34. The molecule has 0 aromatic rings. The van der Waals surface area contributed by atoms with E-state index < -0.39 is 0 Å². The number of ether oxygens (including phenoxy) is 1. The SMILES string of the molecule is C=CCNC(=O)[C@H]1CCCO1. The summed E-state index contributed by atoms with van der Waals surface area (Å²) in [6, 6.07) is 0. The minimum absolute atomic E-state index is 0.0117. The Bertz CT molecular complexity index is 150. The first-order valence-electron chi connectivity index (χ1n) is 3.85. The third kappa shape index (κ3) is 2.35. The highest BCUT2D eigenvalue weighted by Gasteiger charge is 2.22. The predicted molar refractivity (Wildman–Crippen MR) is 42.2 cm³/mol. The lowest BCUT2D eigenvalue weighted by atomic mass is 10.2. The lowest BCUT2D eigenvalue weighted by Gasteiger charge is -2.07. The number of hydrogen-bond donors (Lipinski definition) is 1. The summed E-state index contributed by atoms with van der Waals surface area (Å²) in [6.07, 6.45) is 3.29. The number of carbonyl (C=O) groups excluding carboxylic acids is 1. The molecule has 3 heteroatoms. The third-order valence-corrected chi connectivity index (χ3v) is 1.64. The summed E-state index contributed by atoms with van der Waals surface area (Å²) < 4.78 is 5.17. The first-order valence-corrected chi connectivity index (χ1v) is 3.85. The number of carbonyl (C=O) groups is 1. The van der Waals surface area contributed by atoms with Crippen LogP contribution in [0.25, 0.3) is 0 Å². The standard InChI is InChI=1S/C8H13NO2/c1-2-5-9-8(10)7-4-3-6-11-7/h2,7H,1,3-6H2,(H,9,10)/t7-/m1/s1. The second-order valence-electron chi connectivity index (χ2n) is 2.54. The van der Waals surface area contributed by atoms with Crippen molar-refractivity contribution in [3.8, 4) is 0 Å². The van der Waals surface area contributed by atoms with Crippen molar-refractivity contribution in [2.75, 3.05) is 13.2 Å². The molecule has 0 spiro atoms. The van der Waals surface area contributed by atoms with Crippen LogP contribution in [0.1, 0.15) is 12.8 Å². The van der Waals surface area contributed by atoms with Crippen LogP contribution < -0.4 is 5.32 Å². The highest BCUT2D eigenvalue weighted by atomic mass is 16.5. The third-order valence-electron chi connectivity index (χ3n) is 1.64. The van der Waals surface area contributed by atoms with E-state index in [-0.39, 0.29) is 12.0 Å². The van der Waals surface area contributed by atoms with Gasteiger partial charge in [0.1, 0.15) is 6.10 Å². The quantitative estimate of drug-likeness (QED) is 0.601. The van der Waals surface area contributed by atoms with Crippen molar-refractivity contribution >= 4 is 5.91 Å². The minimum Gasteiger partial charge on any atom is -0.368 e. The van der Waals surface area contributed by atoms with Crippen molar-refractivity contribution in [1.29, 1.82) is 0 Å². The fraction of sp³-hybridized carbons (Fsp3) is 0.625. The highest BCUT2D eigenvalue weighted by Crippen LogP contribution is 2.11. The summed E-state index contributed by atoms with van der Waals surface area (Å²) >= 11 is 0. The molecule has 0 saturated carbocycles. The van der Waals surface area contributed by atoms with Gasteiger partial charge in [0.05, 0.1) is 0 Å². The van der Waals surface area contributed by atoms with Crippen LogP contribution in [0.15, 0.2) is 12.7 Å². The molecule has 1 rings (SSSR count). The molecule has 0 unspecified atom stereocenters. The van der Waals surface area contributed by atoms with Crippen LogP contribution in [-0.4, -0.2) is 25.2 Å². The Morgan fingerprint density at radius 2 is 2.64 bits per heavy atom. The first kappa shape index (κ1) is 8.27. The molecular weight excluding hydrogens is 142 g/mol. The smallest absolute Gasteiger partial charge is 0.249 e. The van der Waals surface area contributed by atoms with Crippen LogP contribution >= 0.6 is 0 Å². The summed E-state index contributed by atoms with van der Waals surface area (Å²) in [6.45, 7) is 4.74. The van der Waals surface area contributed by atoms with Gasteiger partial charge in [-0.2, -0.15) is 0 Å². The maximum atomic E-state index is 11.1. The molecule has 0 aliphatic carbocycles. The zero-order valence-corrected chi connectivity index (χ0v) is 6.51. The van der Waals surface area contributed by atoms with Crippen molar-refractivity contribution in [3.05, 3.63) is 12.7 Å². The largest absolute Gasteiger partial charge is 0.368 e. The summed E-state index contributed by atoms with van der Waals surface area (Å²) in [7, 11) is 0. The van der Waals surface area contributed by atoms with Crippen molar-refractivity contribution in [3.63, 3.8) is 0 Å². The molecule has 0 bridgehead atoms. The van der Waals surface area contributed by atoms with Gasteiger partial charge in [-0.25, -0.2) is 0 Å². The maximum absolute atomic E-state index is 11.1. The molecular formula is C8H13NO2. The van der Waals surface area contributed by atoms with E-state index in [0.717, 1.165) is 12.8 Å². The molecule has 3 nitrogen and oxygen atoms in total. The molecule has 0 aromatic heterocycles. The molecule has 62 valence electrons. The predicted octanol–water partition coefficient (Wildman–Crippen LogP) is 0.468. The Hall–Kier alpha value is -0.830. The number of amides is 1. The summed E-state index contributed by atoms with van der Waals surface area (Å²) in [5.41, 5.74) is 0. The summed E-state index contributed by atoms with van der Waals surface area (Å²) in [5.74, 6) is -0.0117. The van der Waals surface area contributed by atoms with E-state index in [1.54, 1.807) is 6.08 Å². The zero-order chi connectivity index (χ0) is 8.10. The molecule has 1 fully saturated rings. The molecule has 11 heavy (non-hydrogen) atoms. The van der Waals surface area contributed by atoms with Gasteiger partial charge in [-0.3, -0.25) is 4.79 Å². The van der Waals surface area contributed by atoms with Gasteiger partial charge in [-0.05, 0) is 12.8 Å². The lowest BCUT2D eigenvalue weighted by Crippen LogP contribution is -2.33. The van der Waals surface area contributed by atoms with E-state index in [9.17, 15) is 4.79 Å². The minimum atomic E-state index is -0.213. The zero-order valence-electron chi connectivity index (χ0n) is 6.51. The maximum Gasteiger partial charge on any atom is 0.249 e. The van der Waals surface area contributed by atoms with Crippen molar-refractivity contribution in [1.82, 2.24) is 5.32 Å². The number of rotatable bonds is 3. The molecule has 0 radical (unpaired) electrons. The van der Waals surface area contributed by atoms with Crippen molar-refractivity contribution < 1.29 is 9.53 Å². The van der Waals surface area contributed by atoms with Crippen LogP contribution in [0.5, 0.6) is 0 Å². The molecule has 1 aliphatic rings. The number of hydrogen-bond acceptors (Lipinski definition) is 2. The van der Waals surface area contributed by atoms with E-state index in [0.29, 0.717) is 13.2 Å². The fourth-order valence-electron chi connectivity index (χ4n) is 1.07. The van der Waals surface area contributed by atoms with Crippen LogP contribution in [0.3, 0.4) is 0 Å². The van der Waals surface area contributed by atoms with E-state index in [2.05, 4.69) is 11.9 Å². The van der Waals surface area contributed by atoms with Crippen molar-refractivity contribution in [2.45, 2.75) is 18.9 Å². The highest BCUT2D eigenvalue weighted by molar-refractivity contribution is 5.81. The Labute approximate surface area is 66.4 Å². The Morgan fingerprint density at radius 3 is 3.18 bits per heavy atom. The van der Waals surface area contributed by atoms with Gasteiger partial charge in [0, 0.05) is 13.2 Å². The molecule has 0 aromatic carbocycles. The van der Waals surface area contributed by atoms with E-state index in [1.807, 2.05) is 0 Å². The van der Waals surface area contributed by atoms with Crippen LogP contribution in [-0.2, 0) is 9.53 Å². The van der Waals surface area contributed by atoms with Crippen LogP contribution in [0, 0.1) is 0 Å². The van der Waals surface area contributed by atoms with Gasteiger partial charge in [0.25, 0.3) is 0 Å². The average Bonchev–Trinajstić information content (AvgIpc) is 2.52. The Balaban J connectivity index is 2.22. The lowest BCUT2D eigenvalue weighted by molar-refractivity contribution is -0.129. The number of nitrogens with one attached hydrogen (secondary N) is 1. The molecule has 1 atom stereocenters. The van der Waals surface area contributed by atoms with E-state index >= 15 is 0 Å². The van der Waals surface area contributed by atoms with E-state index in [1.165, 1.54) is 0 Å². The summed E-state index contributed by atoms with van der Waals surface area (Å²) in [5, 5.41) is 2.69. The molecule has 1 aliphatic heterocycles. The monoisotopic (exact) mass is 155 g/mol. The van der Waals surface area contributed by atoms with Gasteiger partial charge in [-0.15, -0.1) is 6.58 Å². The van der Waals surface area contributed by atoms with Gasteiger partial charge >= 0.3 is 0 Å². The van der Waals surface area contributed by atoms with Gasteiger partial charge < -0.3 is 10.1 Å². The van der Waals surface area contributed by atoms with Gasteiger partial charge in [-0.1, -0.05) is 6.08 Å². The normalized spacial score (nSPS) is 23.1. The molecule has 1 N–H and O–H groups in total. The fourth-order valence-corrected chi connectivity index (χ4v) is 1.07. The summed E-state index contributed by atoms with van der Waals surface area (Å²) in [4.78, 5) is 11.1.